The molecule has 3 aromatic rings. The van der Waals surface area contributed by atoms with E-state index >= 15 is 0 Å². The van der Waals surface area contributed by atoms with Gasteiger partial charge in [0.25, 0.3) is 11.8 Å². The van der Waals surface area contributed by atoms with Gasteiger partial charge in [-0.05, 0) is 61.2 Å². The summed E-state index contributed by atoms with van der Waals surface area (Å²) in [4.78, 5) is 46.0. The van der Waals surface area contributed by atoms with Crippen molar-refractivity contribution >= 4 is 46.6 Å². The highest BCUT2D eigenvalue weighted by Crippen LogP contribution is 2.40. The van der Waals surface area contributed by atoms with E-state index in [2.05, 4.69) is 10.2 Å². The molecule has 9 nitrogen and oxygen atoms in total. The molecule has 11 heteroatoms. The number of piperidine rings is 1. The molecular weight excluding hydrogens is 591 g/mol. The number of rotatable bonds is 9. The molecule has 0 saturated carbocycles. The smallest absolute Gasteiger partial charge is 0.261 e. The van der Waals surface area contributed by atoms with Gasteiger partial charge in [0.2, 0.25) is 5.91 Å². The van der Waals surface area contributed by atoms with Gasteiger partial charge >= 0.3 is 0 Å². The Morgan fingerprint density at radius 1 is 0.930 bits per heavy atom. The van der Waals surface area contributed by atoms with Gasteiger partial charge in [0, 0.05) is 35.4 Å². The molecule has 1 N–H and O–H groups in total. The standard InChI is InChI=1S/C32H34Cl2N4O5/c1-42-26-9-6-10-27(43-2)29(26)30(40)36-17-14-32(15-18-36)31(41)37(21-38(32)24-7-4-3-5-8-24)20-28(39)35-16-13-22-11-12-23(33)19-25(22)34/h3-12,19H,13-18,20-21H2,1-2H3,(H,35,39). The third-order valence-electron chi connectivity index (χ3n) is 8.17. The topological polar surface area (TPSA) is 91.4 Å². The third kappa shape index (κ3) is 6.24. The molecule has 2 heterocycles. The summed E-state index contributed by atoms with van der Waals surface area (Å²) in [6.07, 6.45) is 1.37. The first-order chi connectivity index (χ1) is 20.8. The number of anilines is 1. The molecule has 3 amide bonds. The largest absolute Gasteiger partial charge is 0.496 e. The van der Waals surface area contributed by atoms with Crippen molar-refractivity contribution in [3.8, 4) is 11.5 Å². The van der Waals surface area contributed by atoms with Crippen LogP contribution in [0.2, 0.25) is 10.0 Å². The van der Waals surface area contributed by atoms with E-state index in [0.29, 0.717) is 66.0 Å². The number of benzene rings is 3. The van der Waals surface area contributed by atoms with E-state index in [1.807, 2.05) is 36.4 Å². The van der Waals surface area contributed by atoms with Gasteiger partial charge in [-0.15, -0.1) is 0 Å². The number of carbonyl (C=O) groups is 3. The maximum atomic E-state index is 14.1. The molecule has 2 aliphatic rings. The summed E-state index contributed by atoms with van der Waals surface area (Å²) >= 11 is 12.2. The summed E-state index contributed by atoms with van der Waals surface area (Å²) in [7, 11) is 3.03. The summed E-state index contributed by atoms with van der Waals surface area (Å²) in [5.74, 6) is 0.289. The van der Waals surface area contributed by atoms with Gasteiger partial charge in [0.15, 0.2) is 0 Å². The quantitative estimate of drug-likeness (QED) is 0.373. The van der Waals surface area contributed by atoms with Gasteiger partial charge in [-0.2, -0.15) is 0 Å². The van der Waals surface area contributed by atoms with Crippen molar-refractivity contribution < 1.29 is 23.9 Å². The van der Waals surface area contributed by atoms with Crippen LogP contribution in [0.15, 0.2) is 66.7 Å². The Morgan fingerprint density at radius 2 is 1.60 bits per heavy atom. The minimum Gasteiger partial charge on any atom is -0.496 e. The van der Waals surface area contributed by atoms with Crippen LogP contribution in [-0.4, -0.2) is 80.1 Å². The Hall–Kier alpha value is -3.95. The summed E-state index contributed by atoms with van der Waals surface area (Å²) < 4.78 is 10.9. The highest BCUT2D eigenvalue weighted by atomic mass is 35.5. The maximum absolute atomic E-state index is 14.1. The first-order valence-corrected chi connectivity index (χ1v) is 14.9. The number of nitrogens with zero attached hydrogens (tertiary/aromatic N) is 3. The number of para-hydroxylation sites is 1. The van der Waals surface area contributed by atoms with Gasteiger partial charge in [-0.3, -0.25) is 14.4 Å². The molecule has 2 aliphatic heterocycles. The number of methoxy groups -OCH3 is 2. The molecule has 3 aromatic carbocycles. The lowest BCUT2D eigenvalue weighted by molar-refractivity contribution is -0.137. The Kier molecular flexibility index (Phi) is 9.32. The van der Waals surface area contributed by atoms with Crippen LogP contribution in [0.5, 0.6) is 11.5 Å². The number of likely N-dealkylation sites (tertiary alicyclic amines) is 1. The molecule has 2 fully saturated rings. The lowest BCUT2D eigenvalue weighted by Crippen LogP contribution is -2.57. The van der Waals surface area contributed by atoms with Gasteiger partial charge in [0.05, 0.1) is 20.9 Å². The van der Waals surface area contributed by atoms with Crippen LogP contribution in [0.1, 0.15) is 28.8 Å². The Labute approximate surface area is 261 Å². The zero-order chi connectivity index (χ0) is 30.6. The van der Waals surface area contributed by atoms with Crippen LogP contribution in [0.3, 0.4) is 0 Å². The zero-order valence-corrected chi connectivity index (χ0v) is 25.7. The van der Waals surface area contributed by atoms with E-state index in [1.54, 1.807) is 40.1 Å². The molecule has 0 bridgehead atoms. The lowest BCUT2D eigenvalue weighted by atomic mass is 9.85. The van der Waals surface area contributed by atoms with Gasteiger partial charge in [-0.25, -0.2) is 0 Å². The minimum atomic E-state index is -0.875. The number of carbonyl (C=O) groups excluding carboxylic acids is 3. The summed E-state index contributed by atoms with van der Waals surface area (Å²) in [6.45, 7) is 1.29. The average Bonchev–Trinajstić information content (AvgIpc) is 3.28. The predicted octanol–water partition coefficient (Wildman–Crippen LogP) is 4.65. The molecule has 0 aromatic heterocycles. The van der Waals surface area contributed by atoms with E-state index in [1.165, 1.54) is 14.2 Å². The fourth-order valence-electron chi connectivity index (χ4n) is 5.91. The van der Waals surface area contributed by atoms with Crippen molar-refractivity contribution in [1.29, 1.82) is 0 Å². The van der Waals surface area contributed by atoms with Crippen molar-refractivity contribution in [3.63, 3.8) is 0 Å². The van der Waals surface area contributed by atoms with E-state index in [9.17, 15) is 14.4 Å². The second-order valence-corrected chi connectivity index (χ2v) is 11.4. The number of halogens is 2. The second-order valence-electron chi connectivity index (χ2n) is 10.6. The number of hydrogen-bond acceptors (Lipinski definition) is 6. The van der Waals surface area contributed by atoms with E-state index in [4.69, 9.17) is 32.7 Å². The number of ether oxygens (including phenoxy) is 2. The third-order valence-corrected chi connectivity index (χ3v) is 8.75. The first kappa shape index (κ1) is 30.5. The molecular formula is C32H34Cl2N4O5. The van der Waals surface area contributed by atoms with Crippen LogP contribution in [-0.2, 0) is 16.0 Å². The summed E-state index contributed by atoms with van der Waals surface area (Å²) in [5.41, 5.74) is 1.26. The van der Waals surface area contributed by atoms with E-state index in [0.717, 1.165) is 11.3 Å². The molecule has 0 atom stereocenters. The number of amides is 3. The Bertz CT molecular complexity index is 1470. The lowest BCUT2D eigenvalue weighted by Gasteiger charge is -2.43. The normalized spacial score (nSPS) is 16.0. The van der Waals surface area contributed by atoms with Crippen LogP contribution in [0.4, 0.5) is 5.69 Å². The number of hydrogen-bond donors (Lipinski definition) is 1. The Morgan fingerprint density at radius 3 is 2.23 bits per heavy atom. The van der Waals surface area contributed by atoms with E-state index < -0.39 is 5.54 Å². The fraction of sp³-hybridized carbons (Fsp3) is 0.344. The molecule has 226 valence electrons. The van der Waals surface area contributed by atoms with Crippen molar-refractivity contribution in [3.05, 3.63) is 87.9 Å². The van der Waals surface area contributed by atoms with Crippen molar-refractivity contribution in [2.24, 2.45) is 0 Å². The average molecular weight is 626 g/mol. The molecule has 5 rings (SSSR count). The molecule has 43 heavy (non-hydrogen) atoms. The highest BCUT2D eigenvalue weighted by Gasteiger charge is 2.54. The first-order valence-electron chi connectivity index (χ1n) is 14.1. The highest BCUT2D eigenvalue weighted by molar-refractivity contribution is 6.35. The van der Waals surface area contributed by atoms with Crippen LogP contribution in [0.25, 0.3) is 0 Å². The van der Waals surface area contributed by atoms with Gasteiger partial charge < -0.3 is 29.5 Å². The second kappa shape index (κ2) is 13.1. The van der Waals surface area contributed by atoms with Crippen LogP contribution >= 0.6 is 23.2 Å². The summed E-state index contributed by atoms with van der Waals surface area (Å²) in [6, 6.07) is 20.2. The fourth-order valence-corrected chi connectivity index (χ4v) is 6.42. The number of nitrogens with one attached hydrogen (secondary N) is 1. The van der Waals surface area contributed by atoms with Crippen LogP contribution < -0.4 is 19.7 Å². The Balaban J connectivity index is 1.29. The summed E-state index contributed by atoms with van der Waals surface area (Å²) in [5, 5.41) is 4.01. The SMILES string of the molecule is COc1cccc(OC)c1C(=O)N1CCC2(CC1)C(=O)N(CC(=O)NCCc1ccc(Cl)cc1Cl)CN2c1ccccc1. The predicted molar refractivity (Wildman–Crippen MR) is 166 cm³/mol. The molecule has 2 saturated heterocycles. The minimum absolute atomic E-state index is 0.0701. The molecule has 0 radical (unpaired) electrons. The van der Waals surface area contributed by atoms with Crippen molar-refractivity contribution in [1.82, 2.24) is 15.1 Å². The van der Waals surface area contributed by atoms with Crippen molar-refractivity contribution in [2.45, 2.75) is 24.8 Å². The van der Waals surface area contributed by atoms with Gasteiger partial charge in [-0.1, -0.05) is 53.5 Å². The van der Waals surface area contributed by atoms with Crippen LogP contribution in [0, 0.1) is 0 Å². The molecule has 1 spiro atoms. The monoisotopic (exact) mass is 624 g/mol. The molecule has 0 unspecified atom stereocenters. The zero-order valence-electron chi connectivity index (χ0n) is 24.1. The van der Waals surface area contributed by atoms with Crippen molar-refractivity contribution in [2.75, 3.05) is 52.0 Å². The maximum Gasteiger partial charge on any atom is 0.261 e. The van der Waals surface area contributed by atoms with E-state index in [-0.39, 0.29) is 30.9 Å². The molecule has 0 aliphatic carbocycles. The van der Waals surface area contributed by atoms with Gasteiger partial charge in [0.1, 0.15) is 29.1 Å².